The zero-order chi connectivity index (χ0) is 25.1. The van der Waals surface area contributed by atoms with Gasteiger partial charge in [0.2, 0.25) is 0 Å². The second-order valence-electron chi connectivity index (χ2n) is 7.86. The third kappa shape index (κ3) is 4.78. The summed E-state index contributed by atoms with van der Waals surface area (Å²) in [5.74, 6) is -0.801. The Kier molecular flexibility index (Phi) is 6.38. The van der Waals surface area contributed by atoms with Crippen molar-refractivity contribution in [2.24, 2.45) is 4.99 Å². The molecular formula is C28H18ClFN4O2. The number of hydrogen-bond acceptors (Lipinski definition) is 4. The highest BCUT2D eigenvalue weighted by atomic mass is 35.5. The van der Waals surface area contributed by atoms with E-state index in [2.05, 4.69) is 15.3 Å². The van der Waals surface area contributed by atoms with E-state index in [-0.39, 0.29) is 16.6 Å². The van der Waals surface area contributed by atoms with Crippen LogP contribution in [-0.2, 0) is 4.79 Å². The number of aromatic nitrogens is 1. The van der Waals surface area contributed by atoms with Crippen LogP contribution in [0, 0.1) is 5.82 Å². The fourth-order valence-electron chi connectivity index (χ4n) is 3.68. The maximum absolute atomic E-state index is 13.4. The maximum Gasteiger partial charge on any atom is 0.282 e. The molecule has 0 atom stereocenters. The molecular weight excluding hydrogens is 479 g/mol. The Morgan fingerprint density at radius 1 is 0.944 bits per heavy atom. The summed E-state index contributed by atoms with van der Waals surface area (Å²) in [7, 11) is 0. The van der Waals surface area contributed by atoms with E-state index in [1.54, 1.807) is 48.7 Å². The first kappa shape index (κ1) is 23.1. The van der Waals surface area contributed by atoms with E-state index < -0.39 is 11.7 Å². The van der Waals surface area contributed by atoms with Crippen LogP contribution in [-0.4, -0.2) is 22.6 Å². The summed E-state index contributed by atoms with van der Waals surface area (Å²) in [6, 6.07) is 25.3. The topological polar surface area (TPSA) is 74.7 Å². The summed E-state index contributed by atoms with van der Waals surface area (Å²) in [6.45, 7) is 0. The average Bonchev–Trinajstić information content (AvgIpc) is 3.23. The zero-order valence-electron chi connectivity index (χ0n) is 18.7. The van der Waals surface area contributed by atoms with Gasteiger partial charge in [-0.2, -0.15) is 0 Å². The third-order valence-corrected chi connectivity index (χ3v) is 5.72. The SMILES string of the molecule is O=C(Nc1ccc(F)c(Cl)c1)c1ccc(N2C(=O)/C(=C/c3ccccn3)N=C2c2ccccc2)cc1. The van der Waals surface area contributed by atoms with E-state index in [4.69, 9.17) is 11.6 Å². The molecule has 2 heterocycles. The van der Waals surface area contributed by atoms with E-state index in [0.717, 1.165) is 5.56 Å². The predicted octanol–water partition coefficient (Wildman–Crippen LogP) is 5.96. The number of halogens is 2. The number of pyridine rings is 1. The number of carbonyl (C=O) groups is 2. The molecule has 0 spiro atoms. The molecule has 1 aromatic heterocycles. The predicted molar refractivity (Wildman–Crippen MR) is 138 cm³/mol. The van der Waals surface area contributed by atoms with Crippen molar-refractivity contribution >= 4 is 46.7 Å². The van der Waals surface area contributed by atoms with E-state index in [1.165, 1.54) is 23.1 Å². The number of hydrogen-bond donors (Lipinski definition) is 1. The molecule has 3 aromatic carbocycles. The van der Waals surface area contributed by atoms with Gasteiger partial charge in [-0.1, -0.05) is 48.0 Å². The first-order chi connectivity index (χ1) is 17.5. The number of amidine groups is 1. The quantitative estimate of drug-likeness (QED) is 0.346. The first-order valence-corrected chi connectivity index (χ1v) is 11.4. The van der Waals surface area contributed by atoms with Crippen LogP contribution in [0.1, 0.15) is 21.6 Å². The Hall–Kier alpha value is -4.62. The van der Waals surface area contributed by atoms with Crippen molar-refractivity contribution in [3.8, 4) is 0 Å². The van der Waals surface area contributed by atoms with Gasteiger partial charge < -0.3 is 5.32 Å². The maximum atomic E-state index is 13.4. The van der Waals surface area contributed by atoms with Crippen LogP contribution in [0.5, 0.6) is 0 Å². The molecule has 0 fully saturated rings. The lowest BCUT2D eigenvalue weighted by Crippen LogP contribution is -2.32. The summed E-state index contributed by atoms with van der Waals surface area (Å²) in [5.41, 5.74) is 2.91. The minimum atomic E-state index is -0.568. The van der Waals surface area contributed by atoms with Gasteiger partial charge in [0.1, 0.15) is 17.3 Å². The molecule has 1 aliphatic heterocycles. The van der Waals surface area contributed by atoms with Crippen LogP contribution < -0.4 is 10.2 Å². The molecule has 0 saturated heterocycles. The highest BCUT2D eigenvalue weighted by molar-refractivity contribution is 6.33. The molecule has 2 amide bonds. The molecule has 5 rings (SSSR count). The number of anilines is 2. The number of benzene rings is 3. The van der Waals surface area contributed by atoms with Gasteiger partial charge in [-0.25, -0.2) is 9.38 Å². The lowest BCUT2D eigenvalue weighted by Gasteiger charge is -2.19. The molecule has 36 heavy (non-hydrogen) atoms. The summed E-state index contributed by atoms with van der Waals surface area (Å²) < 4.78 is 13.4. The van der Waals surface area contributed by atoms with Gasteiger partial charge >= 0.3 is 0 Å². The minimum Gasteiger partial charge on any atom is -0.322 e. The van der Waals surface area contributed by atoms with Crippen molar-refractivity contribution in [3.05, 3.63) is 131 Å². The van der Waals surface area contributed by atoms with Crippen molar-refractivity contribution in [3.63, 3.8) is 0 Å². The minimum absolute atomic E-state index is 0.0852. The molecule has 1 N–H and O–H groups in total. The Bertz CT molecular complexity index is 1500. The van der Waals surface area contributed by atoms with Crippen LogP contribution >= 0.6 is 11.6 Å². The highest BCUT2D eigenvalue weighted by Gasteiger charge is 2.32. The molecule has 8 heteroatoms. The molecule has 0 aliphatic carbocycles. The van der Waals surface area contributed by atoms with Gasteiger partial charge in [-0.3, -0.25) is 19.5 Å². The molecule has 0 saturated carbocycles. The fourth-order valence-corrected chi connectivity index (χ4v) is 3.86. The lowest BCUT2D eigenvalue weighted by atomic mass is 10.1. The highest BCUT2D eigenvalue weighted by Crippen LogP contribution is 2.28. The molecule has 1 aliphatic rings. The molecule has 0 bridgehead atoms. The van der Waals surface area contributed by atoms with Crippen molar-refractivity contribution in [1.82, 2.24) is 4.98 Å². The normalized spacial score (nSPS) is 14.2. The van der Waals surface area contributed by atoms with Crippen LogP contribution in [0.15, 0.2) is 108 Å². The van der Waals surface area contributed by atoms with Gasteiger partial charge in [0.25, 0.3) is 11.8 Å². The summed E-state index contributed by atoms with van der Waals surface area (Å²) >= 11 is 5.79. The van der Waals surface area contributed by atoms with Crippen molar-refractivity contribution in [1.29, 1.82) is 0 Å². The van der Waals surface area contributed by atoms with Crippen LogP contribution in [0.3, 0.4) is 0 Å². The van der Waals surface area contributed by atoms with Crippen LogP contribution in [0.4, 0.5) is 15.8 Å². The monoisotopic (exact) mass is 496 g/mol. The Morgan fingerprint density at radius 2 is 1.69 bits per heavy atom. The molecule has 0 unspecified atom stereocenters. The summed E-state index contributed by atoms with van der Waals surface area (Å²) in [4.78, 5) is 36.5. The van der Waals surface area contributed by atoms with E-state index in [0.29, 0.717) is 28.5 Å². The van der Waals surface area contributed by atoms with Crippen molar-refractivity contribution in [2.75, 3.05) is 10.2 Å². The molecule has 4 aromatic rings. The number of nitrogens with zero attached hydrogens (tertiary/aromatic N) is 3. The third-order valence-electron chi connectivity index (χ3n) is 5.43. The fraction of sp³-hybridized carbons (Fsp3) is 0. The van der Waals surface area contributed by atoms with Crippen LogP contribution in [0.25, 0.3) is 6.08 Å². The Balaban J connectivity index is 1.44. The zero-order valence-corrected chi connectivity index (χ0v) is 19.5. The first-order valence-electron chi connectivity index (χ1n) is 11.0. The summed E-state index contributed by atoms with van der Waals surface area (Å²) in [6.07, 6.45) is 3.29. The smallest absolute Gasteiger partial charge is 0.282 e. The standard InChI is InChI=1S/C28H18ClFN4O2/c29-23-16-21(11-14-24(23)30)32-27(35)19-9-12-22(13-10-19)34-26(18-6-2-1-3-7-18)33-25(28(34)36)17-20-8-4-5-15-31-20/h1-17H,(H,32,35)/b25-17-. The van der Waals surface area contributed by atoms with Gasteiger partial charge in [0, 0.05) is 23.0 Å². The molecule has 6 nitrogen and oxygen atoms in total. The number of carbonyl (C=O) groups excluding carboxylic acids is 2. The second kappa shape index (κ2) is 9.93. The molecule has 0 radical (unpaired) electrons. The summed E-state index contributed by atoms with van der Waals surface area (Å²) in [5, 5.41) is 2.60. The van der Waals surface area contributed by atoms with Crippen molar-refractivity contribution < 1.29 is 14.0 Å². The molecule has 176 valence electrons. The van der Waals surface area contributed by atoms with Crippen LogP contribution in [0.2, 0.25) is 5.02 Å². The van der Waals surface area contributed by atoms with E-state index in [9.17, 15) is 14.0 Å². The van der Waals surface area contributed by atoms with E-state index >= 15 is 0 Å². The van der Waals surface area contributed by atoms with Gasteiger partial charge in [0.15, 0.2) is 0 Å². The number of aliphatic imine (C=N–C) groups is 1. The van der Waals surface area contributed by atoms with Gasteiger partial charge in [-0.15, -0.1) is 0 Å². The number of amides is 2. The Morgan fingerprint density at radius 3 is 2.39 bits per heavy atom. The van der Waals surface area contributed by atoms with Gasteiger partial charge in [0.05, 0.1) is 16.4 Å². The number of nitrogens with one attached hydrogen (secondary N) is 1. The lowest BCUT2D eigenvalue weighted by molar-refractivity contribution is -0.113. The van der Waals surface area contributed by atoms with Crippen molar-refractivity contribution in [2.45, 2.75) is 0 Å². The Labute approximate surface area is 211 Å². The number of rotatable bonds is 5. The van der Waals surface area contributed by atoms with Gasteiger partial charge in [-0.05, 0) is 60.7 Å². The second-order valence-corrected chi connectivity index (χ2v) is 8.26. The average molecular weight is 497 g/mol. The van der Waals surface area contributed by atoms with E-state index in [1.807, 2.05) is 36.4 Å². The largest absolute Gasteiger partial charge is 0.322 e.